The third-order valence-electron chi connectivity index (χ3n) is 6.38. The second kappa shape index (κ2) is 8.50. The first-order chi connectivity index (χ1) is 14.9. The summed E-state index contributed by atoms with van der Waals surface area (Å²) < 4.78 is 0. The van der Waals surface area contributed by atoms with Gasteiger partial charge >= 0.3 is 0 Å². The van der Waals surface area contributed by atoms with Crippen LogP contribution < -0.4 is 0 Å². The maximum Gasteiger partial charge on any atom is 0.117 e. The van der Waals surface area contributed by atoms with E-state index in [9.17, 15) is 0 Å². The van der Waals surface area contributed by atoms with E-state index < -0.39 is 0 Å². The molecule has 1 atom stereocenters. The molecule has 1 heterocycles. The average Bonchev–Trinajstić information content (AvgIpc) is 3.14. The first-order valence-electron chi connectivity index (χ1n) is 10.9. The molecule has 0 N–H and O–H groups in total. The minimum Gasteiger partial charge on any atom is -0.266 e. The van der Waals surface area contributed by atoms with Crippen molar-refractivity contribution in [2.75, 3.05) is 6.54 Å². The van der Waals surface area contributed by atoms with Crippen molar-refractivity contribution in [1.29, 1.82) is 0 Å². The van der Waals surface area contributed by atoms with Crippen LogP contribution in [0.3, 0.4) is 0 Å². The fraction of sp³-hybridized carbons (Fsp3) is 0.286. The minimum absolute atomic E-state index is 0.201. The van der Waals surface area contributed by atoms with Crippen LogP contribution in [-0.2, 0) is 12.0 Å². The first kappa shape index (κ1) is 21.0. The van der Waals surface area contributed by atoms with Crippen LogP contribution in [0.1, 0.15) is 47.2 Å². The topological polar surface area (TPSA) is 28.0 Å². The Bertz CT molecular complexity index is 1130. The summed E-state index contributed by atoms with van der Waals surface area (Å²) in [5.41, 5.74) is 8.45. The van der Waals surface area contributed by atoms with Crippen LogP contribution in [-0.4, -0.2) is 23.1 Å². The lowest BCUT2D eigenvalue weighted by molar-refractivity contribution is 0.423. The molecule has 0 amide bonds. The van der Waals surface area contributed by atoms with E-state index in [-0.39, 0.29) is 5.41 Å². The number of aryl methyl sites for hydroxylation is 3. The van der Waals surface area contributed by atoms with Gasteiger partial charge in [0.25, 0.3) is 0 Å². The van der Waals surface area contributed by atoms with Gasteiger partial charge in [-0.2, -0.15) is 5.10 Å². The van der Waals surface area contributed by atoms with E-state index in [1.165, 1.54) is 33.4 Å². The maximum absolute atomic E-state index is 5.08. The summed E-state index contributed by atoms with van der Waals surface area (Å²) in [7, 11) is 0. The Morgan fingerprint density at radius 1 is 0.935 bits per heavy atom. The van der Waals surface area contributed by atoms with E-state index in [4.69, 9.17) is 10.1 Å². The van der Waals surface area contributed by atoms with Gasteiger partial charge in [-0.3, -0.25) is 10.0 Å². The van der Waals surface area contributed by atoms with Gasteiger partial charge in [-0.25, -0.2) is 0 Å². The third-order valence-corrected chi connectivity index (χ3v) is 6.38. The van der Waals surface area contributed by atoms with Gasteiger partial charge in [-0.15, -0.1) is 0 Å². The van der Waals surface area contributed by atoms with Crippen molar-refractivity contribution in [3.05, 3.63) is 106 Å². The van der Waals surface area contributed by atoms with Gasteiger partial charge in [0.05, 0.1) is 24.2 Å². The number of hydrazone groups is 1. The standard InChI is InChI=1S/C28H31N3/c1-20-11-15-25(16-12-20)27-28(5,26-9-7-6-8-10-26)19-31(30-27)23(4)29-18-24-14-13-21(2)22(3)17-24/h6-17H,18-19H2,1-5H3. The number of aliphatic imine (C=N–C) groups is 1. The van der Waals surface area contributed by atoms with Crippen LogP contribution in [0.15, 0.2) is 82.9 Å². The van der Waals surface area contributed by atoms with Crippen LogP contribution >= 0.6 is 0 Å². The molecule has 0 fully saturated rings. The summed E-state index contributed by atoms with van der Waals surface area (Å²) in [4.78, 5) is 4.88. The van der Waals surface area contributed by atoms with Crippen molar-refractivity contribution >= 4 is 11.5 Å². The third kappa shape index (κ3) is 4.32. The molecule has 0 saturated heterocycles. The summed E-state index contributed by atoms with van der Waals surface area (Å²) in [6, 6.07) is 25.9. The van der Waals surface area contributed by atoms with Crippen molar-refractivity contribution in [3.8, 4) is 0 Å². The molecule has 0 aromatic heterocycles. The Hall–Kier alpha value is -3.20. The zero-order valence-electron chi connectivity index (χ0n) is 19.2. The molecule has 1 unspecified atom stereocenters. The lowest BCUT2D eigenvalue weighted by Gasteiger charge is -2.27. The van der Waals surface area contributed by atoms with E-state index >= 15 is 0 Å². The molecule has 4 rings (SSSR count). The molecule has 3 heteroatoms. The summed E-state index contributed by atoms with van der Waals surface area (Å²) in [6.45, 7) is 12.2. The van der Waals surface area contributed by atoms with Crippen LogP contribution in [0.5, 0.6) is 0 Å². The Morgan fingerprint density at radius 3 is 2.32 bits per heavy atom. The molecule has 3 aromatic rings. The normalized spacial score (nSPS) is 18.9. The highest BCUT2D eigenvalue weighted by molar-refractivity contribution is 6.10. The molecular formula is C28H31N3. The highest BCUT2D eigenvalue weighted by atomic mass is 15.5. The van der Waals surface area contributed by atoms with Crippen molar-refractivity contribution in [1.82, 2.24) is 5.01 Å². The van der Waals surface area contributed by atoms with Crippen LogP contribution in [0.25, 0.3) is 0 Å². The van der Waals surface area contributed by atoms with Gasteiger partial charge in [0.1, 0.15) is 5.84 Å². The number of benzene rings is 3. The smallest absolute Gasteiger partial charge is 0.117 e. The van der Waals surface area contributed by atoms with Crippen molar-refractivity contribution < 1.29 is 0 Å². The molecule has 0 bridgehead atoms. The second-order valence-corrected chi connectivity index (χ2v) is 8.85. The Kier molecular flexibility index (Phi) is 5.77. The Morgan fingerprint density at radius 2 is 1.65 bits per heavy atom. The molecule has 158 valence electrons. The van der Waals surface area contributed by atoms with E-state index in [1.54, 1.807) is 0 Å². The van der Waals surface area contributed by atoms with Crippen LogP contribution in [0.2, 0.25) is 0 Å². The highest BCUT2D eigenvalue weighted by Crippen LogP contribution is 2.35. The number of amidine groups is 1. The Labute approximate surface area is 186 Å². The summed E-state index contributed by atoms with van der Waals surface area (Å²) in [6.07, 6.45) is 0. The van der Waals surface area contributed by atoms with Gasteiger partial charge in [-0.1, -0.05) is 78.4 Å². The van der Waals surface area contributed by atoms with Crippen LogP contribution in [0.4, 0.5) is 0 Å². The molecule has 0 radical (unpaired) electrons. The molecule has 0 saturated carbocycles. The van der Waals surface area contributed by atoms with Gasteiger partial charge in [0.15, 0.2) is 0 Å². The highest BCUT2D eigenvalue weighted by Gasteiger charge is 2.41. The fourth-order valence-corrected chi connectivity index (χ4v) is 4.14. The molecular weight excluding hydrogens is 378 g/mol. The van der Waals surface area contributed by atoms with Gasteiger partial charge in [-0.05, 0) is 62.4 Å². The SMILES string of the molecule is CC(=NCc1ccc(C)c(C)c1)N1CC(C)(c2ccccc2)C(c2ccc(C)cc2)=N1. The van der Waals surface area contributed by atoms with Crippen molar-refractivity contribution in [2.24, 2.45) is 10.1 Å². The fourth-order valence-electron chi connectivity index (χ4n) is 4.14. The van der Waals surface area contributed by atoms with E-state index in [0.29, 0.717) is 6.54 Å². The average molecular weight is 410 g/mol. The predicted molar refractivity (Wildman–Crippen MR) is 131 cm³/mol. The summed E-state index contributed by atoms with van der Waals surface area (Å²) in [5, 5.41) is 7.15. The van der Waals surface area contributed by atoms with E-state index in [0.717, 1.165) is 18.1 Å². The zero-order chi connectivity index (χ0) is 22.0. The maximum atomic E-state index is 5.08. The van der Waals surface area contributed by atoms with Gasteiger partial charge in [0, 0.05) is 0 Å². The second-order valence-electron chi connectivity index (χ2n) is 8.85. The lowest BCUT2D eigenvalue weighted by atomic mass is 9.76. The number of rotatable bonds is 4. The predicted octanol–water partition coefficient (Wildman–Crippen LogP) is 6.21. The molecule has 1 aliphatic heterocycles. The van der Waals surface area contributed by atoms with E-state index in [1.807, 2.05) is 0 Å². The molecule has 0 spiro atoms. The van der Waals surface area contributed by atoms with Crippen LogP contribution in [0, 0.1) is 20.8 Å². The number of nitrogens with zero attached hydrogens (tertiary/aromatic N) is 3. The molecule has 3 aromatic carbocycles. The Balaban J connectivity index is 1.66. The summed E-state index contributed by atoms with van der Waals surface area (Å²) >= 11 is 0. The first-order valence-corrected chi connectivity index (χ1v) is 10.9. The minimum atomic E-state index is -0.201. The lowest BCUT2D eigenvalue weighted by Crippen LogP contribution is -2.37. The summed E-state index contributed by atoms with van der Waals surface area (Å²) in [5.74, 6) is 0.947. The molecule has 1 aliphatic rings. The molecule has 3 nitrogen and oxygen atoms in total. The van der Waals surface area contributed by atoms with Crippen molar-refractivity contribution in [3.63, 3.8) is 0 Å². The zero-order valence-corrected chi connectivity index (χ0v) is 19.2. The molecule has 31 heavy (non-hydrogen) atoms. The number of hydrogen-bond donors (Lipinski definition) is 0. The largest absolute Gasteiger partial charge is 0.266 e. The number of hydrogen-bond acceptors (Lipinski definition) is 2. The van der Waals surface area contributed by atoms with Gasteiger partial charge in [0.2, 0.25) is 0 Å². The quantitative estimate of drug-likeness (QED) is 0.372. The monoisotopic (exact) mass is 409 g/mol. The molecule has 0 aliphatic carbocycles. The van der Waals surface area contributed by atoms with Crippen molar-refractivity contribution in [2.45, 2.75) is 46.6 Å². The van der Waals surface area contributed by atoms with E-state index in [2.05, 4.69) is 112 Å². The van der Waals surface area contributed by atoms with Gasteiger partial charge < -0.3 is 0 Å².